The molecule has 0 aliphatic heterocycles. The standard InChI is InChI=1S/C23H22N4O4/c1-15-7-8-19(16(2)12-15)31-22-18(13-17(14-24)21(28)25-9-11-30-3)23(29)27-10-5-4-6-20(27)26-22/h4-8,10,12-13H,9,11H2,1-3H3,(H,25,28). The van der Waals surface area contributed by atoms with Gasteiger partial charge in [-0.3, -0.25) is 14.0 Å². The molecule has 158 valence electrons. The van der Waals surface area contributed by atoms with Crippen LogP contribution in [-0.2, 0) is 9.53 Å². The van der Waals surface area contributed by atoms with Gasteiger partial charge in [-0.1, -0.05) is 23.8 Å². The van der Waals surface area contributed by atoms with E-state index in [2.05, 4.69) is 10.3 Å². The molecule has 0 bridgehead atoms. The molecule has 0 aliphatic carbocycles. The molecule has 0 fully saturated rings. The number of carbonyl (C=O) groups excluding carboxylic acids is 1. The zero-order chi connectivity index (χ0) is 22.4. The van der Waals surface area contributed by atoms with Crippen LogP contribution in [0.1, 0.15) is 16.7 Å². The lowest BCUT2D eigenvalue weighted by Crippen LogP contribution is -2.28. The predicted octanol–water partition coefficient (Wildman–Crippen LogP) is 2.77. The summed E-state index contributed by atoms with van der Waals surface area (Å²) in [5.74, 6) is -0.0781. The minimum Gasteiger partial charge on any atom is -0.438 e. The second-order valence-corrected chi connectivity index (χ2v) is 6.85. The van der Waals surface area contributed by atoms with Crippen LogP contribution < -0.4 is 15.6 Å². The molecule has 3 rings (SSSR count). The Balaban J connectivity index is 2.13. The Bertz CT molecular complexity index is 1250. The number of nitrogens with zero attached hydrogens (tertiary/aromatic N) is 3. The molecule has 0 radical (unpaired) electrons. The molecule has 0 saturated carbocycles. The van der Waals surface area contributed by atoms with E-state index < -0.39 is 11.5 Å². The second kappa shape index (κ2) is 9.69. The van der Waals surface area contributed by atoms with Gasteiger partial charge in [0.1, 0.15) is 28.6 Å². The molecule has 8 heteroatoms. The van der Waals surface area contributed by atoms with Crippen molar-refractivity contribution >= 4 is 17.6 Å². The average Bonchev–Trinajstić information content (AvgIpc) is 2.75. The van der Waals surface area contributed by atoms with E-state index in [0.717, 1.165) is 11.1 Å². The number of fused-ring (bicyclic) bond motifs is 1. The van der Waals surface area contributed by atoms with Crippen LogP contribution in [0.15, 0.2) is 53.0 Å². The lowest BCUT2D eigenvalue weighted by molar-refractivity contribution is -0.117. The Morgan fingerprint density at radius 1 is 1.29 bits per heavy atom. The van der Waals surface area contributed by atoms with E-state index in [0.29, 0.717) is 18.0 Å². The van der Waals surface area contributed by atoms with Gasteiger partial charge >= 0.3 is 0 Å². The van der Waals surface area contributed by atoms with Crippen LogP contribution in [0.4, 0.5) is 0 Å². The number of hydrogen-bond acceptors (Lipinski definition) is 6. The largest absolute Gasteiger partial charge is 0.438 e. The quantitative estimate of drug-likeness (QED) is 0.359. The molecule has 1 N–H and O–H groups in total. The highest BCUT2D eigenvalue weighted by Crippen LogP contribution is 2.27. The highest BCUT2D eigenvalue weighted by Gasteiger charge is 2.17. The van der Waals surface area contributed by atoms with Crippen molar-refractivity contribution < 1.29 is 14.3 Å². The van der Waals surface area contributed by atoms with Gasteiger partial charge in [-0.05, 0) is 43.7 Å². The fraction of sp³-hybridized carbons (Fsp3) is 0.217. The van der Waals surface area contributed by atoms with E-state index >= 15 is 0 Å². The molecule has 2 aromatic heterocycles. The predicted molar refractivity (Wildman–Crippen MR) is 116 cm³/mol. The Kier molecular flexibility index (Phi) is 6.80. The van der Waals surface area contributed by atoms with Crippen molar-refractivity contribution in [2.75, 3.05) is 20.3 Å². The zero-order valence-corrected chi connectivity index (χ0v) is 17.5. The Labute approximate surface area is 179 Å². The Hall–Kier alpha value is -3.96. The number of aryl methyl sites for hydroxylation is 2. The number of nitrogens with one attached hydrogen (secondary N) is 1. The highest BCUT2D eigenvalue weighted by molar-refractivity contribution is 6.01. The van der Waals surface area contributed by atoms with E-state index in [1.54, 1.807) is 30.5 Å². The Morgan fingerprint density at radius 3 is 2.81 bits per heavy atom. The summed E-state index contributed by atoms with van der Waals surface area (Å²) in [4.78, 5) is 30.0. The maximum absolute atomic E-state index is 13.2. The van der Waals surface area contributed by atoms with Crippen LogP contribution in [0, 0.1) is 25.2 Å². The number of hydrogen-bond donors (Lipinski definition) is 1. The summed E-state index contributed by atoms with van der Waals surface area (Å²) >= 11 is 0. The van der Waals surface area contributed by atoms with E-state index in [-0.39, 0.29) is 23.6 Å². The maximum atomic E-state index is 13.2. The SMILES string of the molecule is COCCNC(=O)C(C#N)=Cc1c(Oc2ccc(C)cc2C)nc2ccccn2c1=O. The van der Waals surface area contributed by atoms with Gasteiger partial charge in [0, 0.05) is 19.9 Å². The molecule has 0 atom stereocenters. The fourth-order valence-corrected chi connectivity index (χ4v) is 2.96. The van der Waals surface area contributed by atoms with Crippen molar-refractivity contribution in [1.29, 1.82) is 5.26 Å². The normalized spacial score (nSPS) is 11.2. The molecule has 31 heavy (non-hydrogen) atoms. The third-order valence-corrected chi connectivity index (χ3v) is 4.52. The first-order valence-electron chi connectivity index (χ1n) is 9.60. The number of ether oxygens (including phenoxy) is 2. The first kappa shape index (κ1) is 21.7. The number of aromatic nitrogens is 2. The van der Waals surface area contributed by atoms with Gasteiger partial charge in [-0.15, -0.1) is 0 Å². The molecule has 1 aromatic carbocycles. The summed E-state index contributed by atoms with van der Waals surface area (Å²) in [6.45, 7) is 4.38. The molecule has 0 aliphatic rings. The van der Waals surface area contributed by atoms with Crippen molar-refractivity contribution in [2.24, 2.45) is 0 Å². The fourth-order valence-electron chi connectivity index (χ4n) is 2.96. The van der Waals surface area contributed by atoms with Gasteiger partial charge in [0.25, 0.3) is 11.5 Å². The monoisotopic (exact) mass is 418 g/mol. The van der Waals surface area contributed by atoms with Crippen LogP contribution in [0.5, 0.6) is 11.6 Å². The van der Waals surface area contributed by atoms with Crippen LogP contribution in [0.2, 0.25) is 0 Å². The smallest absolute Gasteiger partial charge is 0.269 e. The molecule has 1 amide bonds. The summed E-state index contributed by atoms with van der Waals surface area (Å²) in [6, 6.07) is 12.6. The van der Waals surface area contributed by atoms with Crippen molar-refractivity contribution in [3.63, 3.8) is 0 Å². The van der Waals surface area contributed by atoms with Crippen LogP contribution in [-0.4, -0.2) is 35.6 Å². The topological polar surface area (TPSA) is 106 Å². The molecule has 8 nitrogen and oxygen atoms in total. The van der Waals surface area contributed by atoms with Crippen molar-refractivity contribution in [3.8, 4) is 17.7 Å². The van der Waals surface area contributed by atoms with Crippen LogP contribution in [0.25, 0.3) is 11.7 Å². The summed E-state index contributed by atoms with van der Waals surface area (Å²) in [7, 11) is 1.51. The van der Waals surface area contributed by atoms with Crippen molar-refractivity contribution in [2.45, 2.75) is 13.8 Å². The minimum atomic E-state index is -0.616. The van der Waals surface area contributed by atoms with Gasteiger partial charge in [-0.25, -0.2) is 0 Å². The summed E-state index contributed by atoms with van der Waals surface area (Å²) in [5, 5.41) is 12.1. The molecular formula is C23H22N4O4. The van der Waals surface area contributed by atoms with E-state index in [1.165, 1.54) is 17.6 Å². The number of nitriles is 1. The number of pyridine rings is 1. The summed E-state index contributed by atoms with van der Waals surface area (Å²) in [5.41, 5.74) is 1.62. The highest BCUT2D eigenvalue weighted by atomic mass is 16.5. The molecular weight excluding hydrogens is 396 g/mol. The van der Waals surface area contributed by atoms with E-state index in [9.17, 15) is 14.9 Å². The number of rotatable bonds is 7. The molecule has 0 saturated heterocycles. The number of carbonyl (C=O) groups is 1. The molecule has 0 unspecified atom stereocenters. The second-order valence-electron chi connectivity index (χ2n) is 6.85. The number of benzene rings is 1. The summed E-state index contributed by atoms with van der Waals surface area (Å²) in [6.07, 6.45) is 2.77. The third kappa shape index (κ3) is 4.97. The van der Waals surface area contributed by atoms with E-state index in [1.807, 2.05) is 32.0 Å². The van der Waals surface area contributed by atoms with Gasteiger partial charge in [0.05, 0.1) is 6.61 Å². The molecule has 3 aromatic rings. The first-order chi connectivity index (χ1) is 14.9. The molecule has 0 spiro atoms. The van der Waals surface area contributed by atoms with Crippen molar-refractivity contribution in [3.05, 3.63) is 75.2 Å². The third-order valence-electron chi connectivity index (χ3n) is 4.52. The lowest BCUT2D eigenvalue weighted by Gasteiger charge is -2.12. The summed E-state index contributed by atoms with van der Waals surface area (Å²) < 4.78 is 12.2. The van der Waals surface area contributed by atoms with Gasteiger partial charge in [-0.2, -0.15) is 10.2 Å². The minimum absolute atomic E-state index is 0.00196. The molecule has 2 heterocycles. The average molecular weight is 418 g/mol. The number of methoxy groups -OCH3 is 1. The Morgan fingerprint density at radius 2 is 2.10 bits per heavy atom. The van der Waals surface area contributed by atoms with Gasteiger partial charge < -0.3 is 14.8 Å². The van der Waals surface area contributed by atoms with Crippen LogP contribution >= 0.6 is 0 Å². The van der Waals surface area contributed by atoms with E-state index in [4.69, 9.17) is 9.47 Å². The number of amides is 1. The van der Waals surface area contributed by atoms with Crippen LogP contribution in [0.3, 0.4) is 0 Å². The maximum Gasteiger partial charge on any atom is 0.269 e. The lowest BCUT2D eigenvalue weighted by atomic mass is 10.1. The van der Waals surface area contributed by atoms with Gasteiger partial charge in [0.15, 0.2) is 0 Å². The first-order valence-corrected chi connectivity index (χ1v) is 9.60. The van der Waals surface area contributed by atoms with Crippen molar-refractivity contribution in [1.82, 2.24) is 14.7 Å². The zero-order valence-electron chi connectivity index (χ0n) is 17.5. The van der Waals surface area contributed by atoms with Gasteiger partial charge in [0.2, 0.25) is 5.88 Å².